The molecule has 26 heavy (non-hydrogen) atoms. The Morgan fingerprint density at radius 3 is 1.73 bits per heavy atom. The van der Waals surface area contributed by atoms with Crippen LogP contribution in [0.25, 0.3) is 0 Å². The van der Waals surface area contributed by atoms with E-state index in [1.807, 2.05) is 91.0 Å². The van der Waals surface area contributed by atoms with Crippen molar-refractivity contribution < 1.29 is 4.79 Å². The Bertz CT molecular complexity index is 887. The number of amides is 1. The number of nitrogens with zero attached hydrogens (tertiary/aromatic N) is 1. The molecule has 0 spiro atoms. The summed E-state index contributed by atoms with van der Waals surface area (Å²) in [5, 5.41) is 0. The fourth-order valence-electron chi connectivity index (χ4n) is 3.40. The Balaban J connectivity index is 1.92. The minimum atomic E-state index is -0.759. The third-order valence-electron chi connectivity index (χ3n) is 4.71. The normalized spacial score (nSPS) is 16.5. The van der Waals surface area contributed by atoms with Gasteiger partial charge in [0.2, 0.25) is 5.91 Å². The molecule has 0 aliphatic carbocycles. The molecule has 0 aromatic heterocycles. The van der Waals surface area contributed by atoms with Crippen LogP contribution in [0.3, 0.4) is 0 Å². The molecule has 0 saturated carbocycles. The Kier molecular flexibility index (Phi) is 4.62. The van der Waals surface area contributed by atoms with E-state index in [1.165, 1.54) is 0 Å². The van der Waals surface area contributed by atoms with Gasteiger partial charge in [-0.2, -0.15) is 0 Å². The molecule has 3 aromatic rings. The molecular formula is C22H17NOS2. The molecule has 1 amide bonds. The van der Waals surface area contributed by atoms with Gasteiger partial charge in [0.15, 0.2) is 0 Å². The van der Waals surface area contributed by atoms with E-state index in [2.05, 4.69) is 0 Å². The van der Waals surface area contributed by atoms with E-state index in [4.69, 9.17) is 12.2 Å². The molecule has 1 saturated heterocycles. The first-order chi connectivity index (χ1) is 12.7. The number of para-hydroxylation sites is 1. The van der Waals surface area contributed by atoms with Gasteiger partial charge in [-0.3, -0.25) is 9.69 Å². The van der Waals surface area contributed by atoms with Crippen molar-refractivity contribution in [1.29, 1.82) is 0 Å². The molecular weight excluding hydrogens is 358 g/mol. The van der Waals surface area contributed by atoms with Crippen molar-refractivity contribution in [2.45, 2.75) is 5.41 Å². The summed E-state index contributed by atoms with van der Waals surface area (Å²) in [6.07, 6.45) is 0. The van der Waals surface area contributed by atoms with Crippen LogP contribution in [0.4, 0.5) is 5.69 Å². The van der Waals surface area contributed by atoms with Gasteiger partial charge in [-0.1, -0.05) is 103 Å². The van der Waals surface area contributed by atoms with Crippen LogP contribution in [0.1, 0.15) is 11.1 Å². The van der Waals surface area contributed by atoms with Crippen LogP contribution >= 0.6 is 24.0 Å². The van der Waals surface area contributed by atoms with E-state index in [1.54, 1.807) is 16.7 Å². The number of thiocarbonyl (C=S) groups is 1. The van der Waals surface area contributed by atoms with E-state index in [9.17, 15) is 4.79 Å². The average molecular weight is 376 g/mol. The highest BCUT2D eigenvalue weighted by atomic mass is 32.2. The molecule has 3 aromatic carbocycles. The molecule has 4 rings (SSSR count). The van der Waals surface area contributed by atoms with Gasteiger partial charge in [-0.05, 0) is 23.3 Å². The Morgan fingerprint density at radius 2 is 1.23 bits per heavy atom. The largest absolute Gasteiger partial charge is 0.273 e. The maximum atomic E-state index is 13.9. The van der Waals surface area contributed by atoms with Gasteiger partial charge in [-0.15, -0.1) is 0 Å². The van der Waals surface area contributed by atoms with Crippen molar-refractivity contribution in [2.75, 3.05) is 10.7 Å². The second-order valence-corrected chi connectivity index (χ2v) is 7.78. The van der Waals surface area contributed by atoms with Crippen LogP contribution in [0.2, 0.25) is 0 Å². The Labute approximate surface area is 162 Å². The van der Waals surface area contributed by atoms with Crippen molar-refractivity contribution in [1.82, 2.24) is 0 Å². The summed E-state index contributed by atoms with van der Waals surface area (Å²) in [7, 11) is 0. The first-order valence-corrected chi connectivity index (χ1v) is 9.80. The first-order valence-electron chi connectivity index (χ1n) is 8.41. The molecule has 1 heterocycles. The van der Waals surface area contributed by atoms with Crippen molar-refractivity contribution >= 4 is 39.9 Å². The van der Waals surface area contributed by atoms with Crippen LogP contribution in [0.15, 0.2) is 91.0 Å². The standard InChI is InChI=1S/C22H17NOS2/c24-20-22(17-10-4-1-5-11-17,18-12-6-2-7-13-18)16-26-21(25)23(20)19-14-8-3-9-15-19/h1-15H,16H2. The van der Waals surface area contributed by atoms with Crippen molar-refractivity contribution in [3.63, 3.8) is 0 Å². The number of thioether (sulfide) groups is 1. The van der Waals surface area contributed by atoms with Crippen molar-refractivity contribution in [3.8, 4) is 0 Å². The molecule has 0 bridgehead atoms. The molecule has 0 unspecified atom stereocenters. The third-order valence-corrected chi connectivity index (χ3v) is 6.25. The summed E-state index contributed by atoms with van der Waals surface area (Å²) in [6, 6.07) is 29.7. The first kappa shape index (κ1) is 17.0. The minimum Gasteiger partial charge on any atom is -0.273 e. The van der Waals surface area contributed by atoms with Gasteiger partial charge >= 0.3 is 0 Å². The maximum Gasteiger partial charge on any atom is 0.248 e. The highest BCUT2D eigenvalue weighted by molar-refractivity contribution is 8.23. The van der Waals surface area contributed by atoms with Gasteiger partial charge in [0.1, 0.15) is 9.74 Å². The lowest BCUT2D eigenvalue weighted by Gasteiger charge is -2.42. The molecule has 0 atom stereocenters. The average Bonchev–Trinajstić information content (AvgIpc) is 2.71. The van der Waals surface area contributed by atoms with Gasteiger partial charge < -0.3 is 0 Å². The number of hydrogen-bond acceptors (Lipinski definition) is 3. The van der Waals surface area contributed by atoms with Crippen LogP contribution in [0.5, 0.6) is 0 Å². The molecule has 2 nitrogen and oxygen atoms in total. The fraction of sp³-hybridized carbons (Fsp3) is 0.0909. The lowest BCUT2D eigenvalue weighted by molar-refractivity contribution is -0.121. The zero-order valence-corrected chi connectivity index (χ0v) is 15.7. The smallest absolute Gasteiger partial charge is 0.248 e. The summed E-state index contributed by atoms with van der Waals surface area (Å²) in [5.41, 5.74) is 2.04. The monoisotopic (exact) mass is 375 g/mol. The second-order valence-electron chi connectivity index (χ2n) is 6.17. The molecule has 0 N–H and O–H groups in total. The van der Waals surface area contributed by atoms with Crippen LogP contribution in [0, 0.1) is 0 Å². The summed E-state index contributed by atoms with van der Waals surface area (Å²) < 4.78 is 0.601. The number of benzene rings is 3. The summed E-state index contributed by atoms with van der Waals surface area (Å²) >= 11 is 7.11. The zero-order chi connectivity index (χ0) is 18.0. The van der Waals surface area contributed by atoms with Gasteiger partial charge in [-0.25, -0.2) is 0 Å². The summed E-state index contributed by atoms with van der Waals surface area (Å²) in [4.78, 5) is 15.6. The number of rotatable bonds is 3. The van der Waals surface area contributed by atoms with Crippen LogP contribution in [-0.2, 0) is 10.2 Å². The summed E-state index contributed by atoms with van der Waals surface area (Å²) in [6.45, 7) is 0. The van der Waals surface area contributed by atoms with Gasteiger partial charge in [0, 0.05) is 5.75 Å². The predicted octanol–water partition coefficient (Wildman–Crippen LogP) is 5.04. The Morgan fingerprint density at radius 1 is 0.769 bits per heavy atom. The van der Waals surface area contributed by atoms with E-state index < -0.39 is 5.41 Å². The van der Waals surface area contributed by atoms with Crippen molar-refractivity contribution in [2.24, 2.45) is 0 Å². The minimum absolute atomic E-state index is 0.00449. The fourth-order valence-corrected chi connectivity index (χ4v) is 4.87. The maximum absolute atomic E-state index is 13.9. The highest BCUT2D eigenvalue weighted by Crippen LogP contribution is 2.43. The number of anilines is 1. The molecule has 1 aliphatic rings. The topological polar surface area (TPSA) is 20.3 Å². The zero-order valence-electron chi connectivity index (χ0n) is 14.0. The lowest BCUT2D eigenvalue weighted by atomic mass is 9.74. The van der Waals surface area contributed by atoms with E-state index in [0.29, 0.717) is 10.1 Å². The third kappa shape index (κ3) is 2.75. The predicted molar refractivity (Wildman–Crippen MR) is 113 cm³/mol. The quantitative estimate of drug-likeness (QED) is 0.598. The van der Waals surface area contributed by atoms with E-state index in [0.717, 1.165) is 16.8 Å². The number of carbonyl (C=O) groups is 1. The second kappa shape index (κ2) is 7.06. The molecule has 128 valence electrons. The highest BCUT2D eigenvalue weighted by Gasteiger charge is 2.49. The van der Waals surface area contributed by atoms with Crippen LogP contribution < -0.4 is 4.90 Å². The molecule has 0 radical (unpaired) electrons. The number of carbonyl (C=O) groups excluding carboxylic acids is 1. The van der Waals surface area contributed by atoms with E-state index >= 15 is 0 Å². The molecule has 1 aliphatic heterocycles. The SMILES string of the molecule is O=C1N(c2ccccc2)C(=S)SCC1(c1ccccc1)c1ccccc1. The lowest BCUT2D eigenvalue weighted by Crippen LogP contribution is -2.54. The van der Waals surface area contributed by atoms with Gasteiger partial charge in [0.05, 0.1) is 5.69 Å². The van der Waals surface area contributed by atoms with Gasteiger partial charge in [0.25, 0.3) is 0 Å². The van der Waals surface area contributed by atoms with E-state index in [-0.39, 0.29) is 5.91 Å². The van der Waals surface area contributed by atoms with Crippen LogP contribution in [-0.4, -0.2) is 16.0 Å². The summed E-state index contributed by atoms with van der Waals surface area (Å²) in [5.74, 6) is 0.604. The molecule has 1 fully saturated rings. The number of hydrogen-bond donors (Lipinski definition) is 0. The molecule has 4 heteroatoms. The Hall–Kier alpha value is -2.43. The van der Waals surface area contributed by atoms with Crippen molar-refractivity contribution in [3.05, 3.63) is 102 Å².